The van der Waals surface area contributed by atoms with Crippen molar-refractivity contribution in [3.05, 3.63) is 0 Å². The number of guanidine groups is 1. The van der Waals surface area contributed by atoms with Crippen molar-refractivity contribution in [2.45, 2.75) is 39.2 Å². The van der Waals surface area contributed by atoms with E-state index in [2.05, 4.69) is 24.2 Å². The Morgan fingerprint density at radius 1 is 1.58 bits per heavy atom. The van der Waals surface area contributed by atoms with Crippen LogP contribution in [0, 0.1) is 5.41 Å². The van der Waals surface area contributed by atoms with E-state index >= 15 is 0 Å². The zero-order chi connectivity index (χ0) is 9.19. The van der Waals surface area contributed by atoms with Crippen molar-refractivity contribution in [1.82, 2.24) is 5.32 Å². The lowest BCUT2D eigenvalue weighted by molar-refractivity contribution is 0.372. The zero-order valence-corrected chi connectivity index (χ0v) is 8.22. The summed E-state index contributed by atoms with van der Waals surface area (Å²) in [5.41, 5.74) is 6.06. The van der Waals surface area contributed by atoms with Gasteiger partial charge in [0.25, 0.3) is 0 Å². The highest BCUT2D eigenvalue weighted by atomic mass is 15.1. The summed E-state index contributed by atoms with van der Waals surface area (Å²) in [6.07, 6.45) is 3.69. The second-order valence-electron chi connectivity index (χ2n) is 4.36. The molecule has 0 bridgehead atoms. The summed E-state index contributed by atoms with van der Waals surface area (Å²) in [7, 11) is 1.71. The second kappa shape index (κ2) is 3.33. The molecule has 0 aliphatic heterocycles. The number of nitrogens with one attached hydrogen (secondary N) is 1. The van der Waals surface area contributed by atoms with Crippen LogP contribution in [0.15, 0.2) is 4.99 Å². The standard InChI is InChI=1S/C9H19N3/c1-9(2)5-4-7(6-9)12-8(10)11-3/h7H,4-6H2,1-3H3,(H3,10,11,12). The van der Waals surface area contributed by atoms with E-state index in [9.17, 15) is 0 Å². The van der Waals surface area contributed by atoms with E-state index in [1.165, 1.54) is 19.3 Å². The second-order valence-corrected chi connectivity index (χ2v) is 4.36. The first-order valence-corrected chi connectivity index (χ1v) is 4.52. The Labute approximate surface area is 74.4 Å². The highest BCUT2D eigenvalue weighted by Crippen LogP contribution is 2.36. The Balaban J connectivity index is 2.38. The number of nitrogens with zero attached hydrogens (tertiary/aromatic N) is 1. The molecule has 0 heterocycles. The van der Waals surface area contributed by atoms with Crippen molar-refractivity contribution in [2.24, 2.45) is 16.1 Å². The fourth-order valence-corrected chi connectivity index (χ4v) is 1.83. The number of hydrogen-bond donors (Lipinski definition) is 2. The molecule has 0 saturated heterocycles. The van der Waals surface area contributed by atoms with Crippen LogP contribution >= 0.6 is 0 Å². The monoisotopic (exact) mass is 169 g/mol. The smallest absolute Gasteiger partial charge is 0.188 e. The first-order valence-electron chi connectivity index (χ1n) is 4.52. The predicted molar refractivity (Wildman–Crippen MR) is 52.1 cm³/mol. The van der Waals surface area contributed by atoms with Gasteiger partial charge in [0.1, 0.15) is 0 Å². The van der Waals surface area contributed by atoms with Gasteiger partial charge in [0.05, 0.1) is 0 Å². The van der Waals surface area contributed by atoms with Crippen LogP contribution in [0.25, 0.3) is 0 Å². The van der Waals surface area contributed by atoms with Gasteiger partial charge in [-0.15, -0.1) is 0 Å². The van der Waals surface area contributed by atoms with Crippen molar-refractivity contribution >= 4 is 5.96 Å². The van der Waals surface area contributed by atoms with Crippen LogP contribution in [0.1, 0.15) is 33.1 Å². The van der Waals surface area contributed by atoms with E-state index in [-0.39, 0.29) is 0 Å². The van der Waals surface area contributed by atoms with E-state index in [0.717, 1.165) is 0 Å². The van der Waals surface area contributed by atoms with Crippen molar-refractivity contribution < 1.29 is 0 Å². The molecule has 3 nitrogen and oxygen atoms in total. The molecule has 0 aromatic heterocycles. The predicted octanol–water partition coefficient (Wildman–Crippen LogP) is 1.10. The van der Waals surface area contributed by atoms with Crippen molar-refractivity contribution in [3.8, 4) is 0 Å². The molecule has 0 radical (unpaired) electrons. The van der Waals surface area contributed by atoms with Crippen LogP contribution in [-0.2, 0) is 0 Å². The van der Waals surface area contributed by atoms with Crippen LogP contribution in [0.3, 0.4) is 0 Å². The maximum absolute atomic E-state index is 5.58. The molecule has 1 saturated carbocycles. The molecular formula is C9H19N3. The summed E-state index contributed by atoms with van der Waals surface area (Å²) in [5.74, 6) is 0.567. The van der Waals surface area contributed by atoms with Gasteiger partial charge >= 0.3 is 0 Å². The highest BCUT2D eigenvalue weighted by molar-refractivity contribution is 5.77. The average molecular weight is 169 g/mol. The summed E-state index contributed by atoms with van der Waals surface area (Å²) < 4.78 is 0. The molecule has 1 unspecified atom stereocenters. The molecule has 1 aliphatic rings. The van der Waals surface area contributed by atoms with E-state index in [4.69, 9.17) is 5.73 Å². The average Bonchev–Trinajstić information content (AvgIpc) is 2.30. The van der Waals surface area contributed by atoms with E-state index in [1.807, 2.05) is 0 Å². The van der Waals surface area contributed by atoms with E-state index in [0.29, 0.717) is 17.4 Å². The first kappa shape index (κ1) is 9.36. The minimum absolute atomic E-state index is 0.478. The maximum atomic E-state index is 5.58. The lowest BCUT2D eigenvalue weighted by Gasteiger charge is -2.17. The van der Waals surface area contributed by atoms with Crippen molar-refractivity contribution in [3.63, 3.8) is 0 Å². The molecule has 1 fully saturated rings. The molecule has 1 atom stereocenters. The fraction of sp³-hybridized carbons (Fsp3) is 0.889. The van der Waals surface area contributed by atoms with Gasteiger partial charge < -0.3 is 11.1 Å². The normalized spacial score (nSPS) is 28.9. The molecule has 3 heteroatoms. The van der Waals surface area contributed by atoms with Gasteiger partial charge in [-0.2, -0.15) is 0 Å². The quantitative estimate of drug-likeness (QED) is 0.456. The fourth-order valence-electron chi connectivity index (χ4n) is 1.83. The number of aliphatic imine (C=N–C) groups is 1. The number of nitrogens with two attached hydrogens (primary N) is 1. The minimum atomic E-state index is 0.478. The first-order chi connectivity index (χ1) is 5.53. The lowest BCUT2D eigenvalue weighted by Crippen LogP contribution is -2.38. The van der Waals surface area contributed by atoms with Gasteiger partial charge in [0, 0.05) is 13.1 Å². The van der Waals surface area contributed by atoms with Gasteiger partial charge in [0.15, 0.2) is 5.96 Å². The largest absolute Gasteiger partial charge is 0.370 e. The molecular weight excluding hydrogens is 150 g/mol. The summed E-state index contributed by atoms with van der Waals surface area (Å²) in [6.45, 7) is 4.60. The maximum Gasteiger partial charge on any atom is 0.188 e. The third-order valence-corrected chi connectivity index (χ3v) is 2.56. The Morgan fingerprint density at radius 3 is 2.67 bits per heavy atom. The molecule has 0 aromatic rings. The molecule has 1 rings (SSSR count). The SMILES string of the molecule is CN=C(N)NC1CCC(C)(C)C1. The summed E-state index contributed by atoms with van der Waals surface area (Å²) in [4.78, 5) is 3.88. The molecule has 0 spiro atoms. The topological polar surface area (TPSA) is 50.4 Å². The van der Waals surface area contributed by atoms with Crippen LogP contribution in [0.2, 0.25) is 0 Å². The molecule has 0 amide bonds. The van der Waals surface area contributed by atoms with Crippen LogP contribution < -0.4 is 11.1 Å². The lowest BCUT2D eigenvalue weighted by atomic mass is 9.92. The third kappa shape index (κ3) is 2.40. The van der Waals surface area contributed by atoms with Crippen molar-refractivity contribution in [2.75, 3.05) is 7.05 Å². The summed E-state index contributed by atoms with van der Waals surface area (Å²) >= 11 is 0. The highest BCUT2D eigenvalue weighted by Gasteiger charge is 2.30. The van der Waals surface area contributed by atoms with Gasteiger partial charge in [-0.05, 0) is 24.7 Å². The van der Waals surface area contributed by atoms with Gasteiger partial charge in [-0.25, -0.2) is 0 Å². The summed E-state index contributed by atoms with van der Waals surface area (Å²) in [5, 5.41) is 3.21. The molecule has 3 N–H and O–H groups in total. The zero-order valence-electron chi connectivity index (χ0n) is 8.22. The number of hydrogen-bond acceptors (Lipinski definition) is 1. The Morgan fingerprint density at radius 2 is 2.25 bits per heavy atom. The molecule has 1 aliphatic carbocycles. The van der Waals surface area contributed by atoms with Crippen molar-refractivity contribution in [1.29, 1.82) is 0 Å². The van der Waals surface area contributed by atoms with Crippen LogP contribution in [0.4, 0.5) is 0 Å². The molecule has 12 heavy (non-hydrogen) atoms. The number of rotatable bonds is 1. The van der Waals surface area contributed by atoms with E-state index in [1.54, 1.807) is 7.05 Å². The Hall–Kier alpha value is -0.730. The van der Waals surface area contributed by atoms with Crippen LogP contribution in [-0.4, -0.2) is 19.0 Å². The van der Waals surface area contributed by atoms with Gasteiger partial charge in [0.2, 0.25) is 0 Å². The summed E-state index contributed by atoms with van der Waals surface area (Å²) in [6, 6.07) is 0.531. The third-order valence-electron chi connectivity index (χ3n) is 2.56. The van der Waals surface area contributed by atoms with Gasteiger partial charge in [-0.1, -0.05) is 13.8 Å². The van der Waals surface area contributed by atoms with Gasteiger partial charge in [-0.3, -0.25) is 4.99 Å². The Bertz CT molecular complexity index is 184. The minimum Gasteiger partial charge on any atom is -0.370 e. The molecule has 0 aromatic carbocycles. The van der Waals surface area contributed by atoms with Crippen LogP contribution in [0.5, 0.6) is 0 Å². The Kier molecular flexibility index (Phi) is 2.60. The molecule has 70 valence electrons. The van der Waals surface area contributed by atoms with E-state index < -0.39 is 0 Å².